The van der Waals surface area contributed by atoms with E-state index in [0.717, 1.165) is 57.8 Å². The Morgan fingerprint density at radius 2 is 1.50 bits per heavy atom. The predicted octanol–water partition coefficient (Wildman–Crippen LogP) is 5.55. The molecule has 2 bridgehead atoms. The van der Waals surface area contributed by atoms with Gasteiger partial charge in [-0.15, -0.1) is 0 Å². The molecule has 36 heavy (non-hydrogen) atoms. The van der Waals surface area contributed by atoms with E-state index in [1.807, 2.05) is 12.1 Å². The number of nitrogens with one attached hydrogen (secondary N) is 1. The van der Waals surface area contributed by atoms with Crippen LogP contribution >= 0.6 is 0 Å². The van der Waals surface area contributed by atoms with Crippen molar-refractivity contribution in [3.05, 3.63) is 71.8 Å². The van der Waals surface area contributed by atoms with Crippen LogP contribution in [0.15, 0.2) is 60.7 Å². The molecule has 1 N–H and O–H groups in total. The maximum Gasteiger partial charge on any atom is 0.229 e. The summed E-state index contributed by atoms with van der Waals surface area (Å²) in [5, 5.41) is 3.88. The zero-order valence-electron chi connectivity index (χ0n) is 21.2. The lowest BCUT2D eigenvalue weighted by Gasteiger charge is -2.42. The summed E-state index contributed by atoms with van der Waals surface area (Å²) < 4.78 is 6.88. The number of amides is 2. The summed E-state index contributed by atoms with van der Waals surface area (Å²) >= 11 is 0. The lowest BCUT2D eigenvalue weighted by Crippen LogP contribution is -2.55. The van der Waals surface area contributed by atoms with Gasteiger partial charge in [0.15, 0.2) is 0 Å². The molecule has 5 nitrogen and oxygen atoms in total. The van der Waals surface area contributed by atoms with Crippen LogP contribution < -0.4 is 5.32 Å². The van der Waals surface area contributed by atoms with Crippen molar-refractivity contribution in [3.63, 3.8) is 0 Å². The van der Waals surface area contributed by atoms with Gasteiger partial charge in [0, 0.05) is 31.0 Å². The van der Waals surface area contributed by atoms with Gasteiger partial charge in [0.25, 0.3) is 0 Å². The van der Waals surface area contributed by atoms with Crippen LogP contribution in [0.1, 0.15) is 87.9 Å². The van der Waals surface area contributed by atoms with Crippen LogP contribution in [0.5, 0.6) is 0 Å². The Morgan fingerprint density at radius 1 is 0.889 bits per heavy atom. The second-order valence-electron chi connectivity index (χ2n) is 11.8. The second-order valence-corrected chi connectivity index (χ2v) is 11.8. The monoisotopic (exact) mass is 486 g/mol. The minimum Gasteiger partial charge on any atom is -0.365 e. The minimum absolute atomic E-state index is 0.0344. The van der Waals surface area contributed by atoms with Gasteiger partial charge in [-0.05, 0) is 61.5 Å². The number of carbonyl (C=O) groups excluding carboxylic acids is 2. The third kappa shape index (κ3) is 4.76. The third-order valence-electron chi connectivity index (χ3n) is 9.31. The highest BCUT2D eigenvalue weighted by molar-refractivity contribution is 5.98. The van der Waals surface area contributed by atoms with E-state index in [1.165, 1.54) is 11.1 Å². The summed E-state index contributed by atoms with van der Waals surface area (Å²) in [5.74, 6) is 0.104. The van der Waals surface area contributed by atoms with Gasteiger partial charge >= 0.3 is 0 Å². The number of ether oxygens (including phenoxy) is 1. The van der Waals surface area contributed by atoms with Crippen molar-refractivity contribution < 1.29 is 14.3 Å². The number of nitrogens with zero attached hydrogens (tertiary/aromatic N) is 1. The van der Waals surface area contributed by atoms with Crippen LogP contribution in [0.3, 0.4) is 0 Å². The van der Waals surface area contributed by atoms with Crippen LogP contribution in [0.4, 0.5) is 0 Å². The first kappa shape index (κ1) is 23.9. The molecule has 4 aliphatic rings. The SMILES string of the molecule is O=C1CC2(CCCC2)CC(=O)N1CCC12CCC(CC(OC(c3ccccc3)c3ccccc3)C1)N2. The Labute approximate surface area is 214 Å². The number of hydrogen-bond donors (Lipinski definition) is 1. The topological polar surface area (TPSA) is 58.6 Å². The van der Waals surface area contributed by atoms with Gasteiger partial charge < -0.3 is 10.1 Å². The predicted molar refractivity (Wildman–Crippen MR) is 139 cm³/mol. The standard InChI is InChI=1S/C31H38N2O3/c34-27-21-30(14-7-8-15-30)22-28(35)33(27)18-17-31-16-13-25(32-31)19-26(20-31)36-29(23-9-3-1-4-10-23)24-11-5-2-6-12-24/h1-6,9-12,25-26,29,32H,7-8,13-22H2. The van der Waals surface area contributed by atoms with E-state index in [4.69, 9.17) is 4.74 Å². The van der Waals surface area contributed by atoms with E-state index >= 15 is 0 Å². The fourth-order valence-corrected chi connectivity index (χ4v) is 7.49. The fourth-order valence-electron chi connectivity index (χ4n) is 7.49. The Kier molecular flexibility index (Phi) is 6.47. The highest BCUT2D eigenvalue weighted by Gasteiger charge is 2.48. The average molecular weight is 487 g/mol. The summed E-state index contributed by atoms with van der Waals surface area (Å²) in [6, 6.07) is 21.4. The molecule has 6 rings (SSSR count). The molecule has 1 saturated carbocycles. The molecule has 2 aromatic rings. The molecule has 1 aliphatic carbocycles. The number of hydrogen-bond acceptors (Lipinski definition) is 4. The van der Waals surface area contributed by atoms with Gasteiger partial charge in [-0.25, -0.2) is 0 Å². The van der Waals surface area contributed by atoms with Crippen LogP contribution in [0.25, 0.3) is 0 Å². The largest absolute Gasteiger partial charge is 0.365 e. The van der Waals surface area contributed by atoms with Crippen molar-refractivity contribution in [2.45, 2.75) is 94.4 Å². The van der Waals surface area contributed by atoms with Crippen LogP contribution in [-0.4, -0.2) is 40.9 Å². The summed E-state index contributed by atoms with van der Waals surface area (Å²) in [5.41, 5.74) is 2.25. The van der Waals surface area contributed by atoms with Crippen LogP contribution in [-0.2, 0) is 14.3 Å². The minimum atomic E-state index is -0.0974. The van der Waals surface area contributed by atoms with E-state index in [9.17, 15) is 9.59 Å². The lowest BCUT2D eigenvalue weighted by molar-refractivity contribution is -0.153. The first-order valence-corrected chi connectivity index (χ1v) is 13.9. The van der Waals surface area contributed by atoms with E-state index in [1.54, 1.807) is 4.90 Å². The quantitative estimate of drug-likeness (QED) is 0.522. The summed E-state index contributed by atoms with van der Waals surface area (Å²) in [6.07, 6.45) is 10.5. The highest BCUT2D eigenvalue weighted by atomic mass is 16.5. The smallest absolute Gasteiger partial charge is 0.229 e. The Morgan fingerprint density at radius 3 is 2.11 bits per heavy atom. The summed E-state index contributed by atoms with van der Waals surface area (Å²) in [4.78, 5) is 27.6. The van der Waals surface area contributed by atoms with Crippen molar-refractivity contribution >= 4 is 11.8 Å². The molecular formula is C31H38N2O3. The van der Waals surface area contributed by atoms with E-state index in [2.05, 4.69) is 53.8 Å². The highest BCUT2D eigenvalue weighted by Crippen LogP contribution is 2.47. The molecule has 3 saturated heterocycles. The van der Waals surface area contributed by atoms with Gasteiger partial charge in [-0.1, -0.05) is 73.5 Å². The molecule has 3 heterocycles. The van der Waals surface area contributed by atoms with Crippen molar-refractivity contribution in [3.8, 4) is 0 Å². The molecule has 3 unspecified atom stereocenters. The molecule has 2 aromatic carbocycles. The van der Waals surface area contributed by atoms with Gasteiger partial charge in [0.05, 0.1) is 6.10 Å². The van der Waals surface area contributed by atoms with Crippen molar-refractivity contribution in [2.75, 3.05) is 6.54 Å². The van der Waals surface area contributed by atoms with Gasteiger partial charge in [-0.2, -0.15) is 0 Å². The fraction of sp³-hybridized carbons (Fsp3) is 0.548. The number of carbonyl (C=O) groups is 2. The number of rotatable bonds is 7. The Bertz CT molecular complexity index is 1020. The first-order chi connectivity index (χ1) is 17.5. The van der Waals surface area contributed by atoms with Gasteiger partial charge in [0.1, 0.15) is 6.10 Å². The number of imide groups is 1. The Balaban J connectivity index is 1.14. The van der Waals surface area contributed by atoms with Crippen molar-refractivity contribution in [1.29, 1.82) is 0 Å². The number of piperidine rings is 2. The normalized spacial score (nSPS) is 29.4. The zero-order valence-corrected chi connectivity index (χ0v) is 21.2. The molecule has 0 aromatic heterocycles. The molecule has 3 atom stereocenters. The molecular weight excluding hydrogens is 448 g/mol. The summed E-state index contributed by atoms with van der Waals surface area (Å²) in [7, 11) is 0. The Hall–Kier alpha value is -2.50. The molecule has 2 amide bonds. The summed E-state index contributed by atoms with van der Waals surface area (Å²) in [6.45, 7) is 0.529. The van der Waals surface area contributed by atoms with Crippen molar-refractivity contribution in [1.82, 2.24) is 10.2 Å². The molecule has 3 aliphatic heterocycles. The lowest BCUT2D eigenvalue weighted by atomic mass is 9.76. The molecule has 4 fully saturated rings. The number of benzene rings is 2. The third-order valence-corrected chi connectivity index (χ3v) is 9.31. The molecule has 1 spiro atoms. The number of likely N-dealkylation sites (tertiary alicyclic amines) is 1. The molecule has 5 heteroatoms. The first-order valence-electron chi connectivity index (χ1n) is 13.9. The molecule has 190 valence electrons. The van der Waals surface area contributed by atoms with E-state index in [-0.39, 0.29) is 35.0 Å². The van der Waals surface area contributed by atoms with Crippen LogP contribution in [0.2, 0.25) is 0 Å². The van der Waals surface area contributed by atoms with Crippen molar-refractivity contribution in [2.24, 2.45) is 5.41 Å². The maximum absolute atomic E-state index is 13.0. The van der Waals surface area contributed by atoms with E-state index in [0.29, 0.717) is 25.4 Å². The molecule has 0 radical (unpaired) electrons. The van der Waals surface area contributed by atoms with Gasteiger partial charge in [-0.3, -0.25) is 14.5 Å². The van der Waals surface area contributed by atoms with Gasteiger partial charge in [0.2, 0.25) is 11.8 Å². The average Bonchev–Trinajstić information content (AvgIpc) is 3.46. The second kappa shape index (κ2) is 9.75. The van der Waals surface area contributed by atoms with E-state index < -0.39 is 0 Å². The number of fused-ring (bicyclic) bond motifs is 2. The van der Waals surface area contributed by atoms with Crippen LogP contribution in [0, 0.1) is 5.41 Å². The maximum atomic E-state index is 13.0. The zero-order chi connectivity index (χ0) is 24.6.